The fourth-order valence-electron chi connectivity index (χ4n) is 2.44. The predicted molar refractivity (Wildman–Crippen MR) is 95.7 cm³/mol. The van der Waals surface area contributed by atoms with Gasteiger partial charge in [0.1, 0.15) is 0 Å². The molecule has 0 amide bonds. The average molecular weight is 350 g/mol. The topological polar surface area (TPSA) is 102 Å². The molecule has 0 spiro atoms. The maximum Gasteiger partial charge on any atom is 0.331 e. The quantitative estimate of drug-likeness (QED) is 0.241. The Kier molecular flexibility index (Phi) is 4.89. The number of nitro groups is 1. The highest BCUT2D eigenvalue weighted by atomic mass is 16.6. The summed E-state index contributed by atoms with van der Waals surface area (Å²) in [5.74, 6) is -0.976. The Balaban J connectivity index is 1.58. The summed E-state index contributed by atoms with van der Waals surface area (Å²) < 4.78 is 4.96. The number of Topliss-reactive ketones (excluding diaryl/α,β-unsaturated/α-hetero) is 1. The molecule has 2 aromatic carbocycles. The second-order valence-electron chi connectivity index (χ2n) is 5.46. The number of para-hydroxylation sites is 1. The standard InChI is InChI=1S/C19H14N2O5/c22-18(16-11-20-17-4-2-1-3-15(16)17)12-26-19(23)10-7-13-5-8-14(9-6-13)21(24)25/h1-11,20H,12H2/b10-7+. The summed E-state index contributed by atoms with van der Waals surface area (Å²) >= 11 is 0. The third-order valence-corrected chi connectivity index (χ3v) is 3.75. The van der Waals surface area contributed by atoms with E-state index < -0.39 is 10.9 Å². The number of rotatable bonds is 6. The van der Waals surface area contributed by atoms with Gasteiger partial charge in [0.25, 0.3) is 5.69 Å². The van der Waals surface area contributed by atoms with Gasteiger partial charge in [-0.25, -0.2) is 4.79 Å². The number of nitrogens with one attached hydrogen (secondary N) is 1. The molecule has 7 heteroatoms. The summed E-state index contributed by atoms with van der Waals surface area (Å²) in [6.07, 6.45) is 4.22. The van der Waals surface area contributed by atoms with E-state index in [1.165, 1.54) is 36.4 Å². The summed E-state index contributed by atoms with van der Waals surface area (Å²) in [5, 5.41) is 11.4. The first kappa shape index (κ1) is 17.1. The van der Waals surface area contributed by atoms with Crippen LogP contribution in [0.3, 0.4) is 0 Å². The van der Waals surface area contributed by atoms with Crippen LogP contribution < -0.4 is 0 Å². The molecule has 1 heterocycles. The molecular weight excluding hydrogens is 336 g/mol. The zero-order valence-corrected chi connectivity index (χ0v) is 13.5. The first-order valence-corrected chi connectivity index (χ1v) is 7.73. The van der Waals surface area contributed by atoms with E-state index >= 15 is 0 Å². The van der Waals surface area contributed by atoms with Crippen molar-refractivity contribution in [2.24, 2.45) is 0 Å². The number of aromatic amines is 1. The van der Waals surface area contributed by atoms with Gasteiger partial charge in [-0.3, -0.25) is 14.9 Å². The van der Waals surface area contributed by atoms with Gasteiger partial charge in [0, 0.05) is 40.9 Å². The lowest BCUT2D eigenvalue weighted by Crippen LogP contribution is -2.12. The first-order valence-electron chi connectivity index (χ1n) is 7.73. The molecule has 3 rings (SSSR count). The SMILES string of the molecule is O=C(/C=C/c1ccc([N+](=O)[O-])cc1)OCC(=O)c1c[nH]c2ccccc12. The van der Waals surface area contributed by atoms with Crippen molar-refractivity contribution >= 4 is 34.4 Å². The van der Waals surface area contributed by atoms with Crippen molar-refractivity contribution in [3.63, 3.8) is 0 Å². The average Bonchev–Trinajstić information content (AvgIpc) is 3.09. The van der Waals surface area contributed by atoms with E-state index in [4.69, 9.17) is 4.74 Å². The maximum atomic E-state index is 12.2. The van der Waals surface area contributed by atoms with E-state index in [0.29, 0.717) is 11.1 Å². The Morgan fingerprint density at radius 2 is 1.85 bits per heavy atom. The predicted octanol–water partition coefficient (Wildman–Crippen LogP) is 3.52. The summed E-state index contributed by atoms with van der Waals surface area (Å²) in [6.45, 7) is -0.370. The fraction of sp³-hybridized carbons (Fsp3) is 0.0526. The largest absolute Gasteiger partial charge is 0.454 e. The van der Waals surface area contributed by atoms with E-state index in [1.54, 1.807) is 6.20 Å². The molecule has 0 bridgehead atoms. The number of nitro benzene ring substituents is 1. The van der Waals surface area contributed by atoms with Crippen LogP contribution in [0.15, 0.2) is 60.8 Å². The van der Waals surface area contributed by atoms with Gasteiger partial charge >= 0.3 is 5.97 Å². The van der Waals surface area contributed by atoms with Gasteiger partial charge in [-0.2, -0.15) is 0 Å². The molecule has 7 nitrogen and oxygen atoms in total. The van der Waals surface area contributed by atoms with Crippen LogP contribution in [0.4, 0.5) is 5.69 Å². The van der Waals surface area contributed by atoms with Crippen LogP contribution in [-0.4, -0.2) is 28.3 Å². The third-order valence-electron chi connectivity index (χ3n) is 3.75. The molecule has 130 valence electrons. The van der Waals surface area contributed by atoms with Gasteiger partial charge in [0.15, 0.2) is 6.61 Å². The van der Waals surface area contributed by atoms with Gasteiger partial charge in [-0.1, -0.05) is 18.2 Å². The molecule has 0 radical (unpaired) electrons. The van der Waals surface area contributed by atoms with Crippen molar-refractivity contribution < 1.29 is 19.2 Å². The number of aromatic nitrogens is 1. The molecule has 0 aliphatic heterocycles. The smallest absolute Gasteiger partial charge is 0.331 e. The van der Waals surface area contributed by atoms with E-state index in [-0.39, 0.29) is 18.1 Å². The van der Waals surface area contributed by atoms with Gasteiger partial charge in [-0.05, 0) is 29.8 Å². The van der Waals surface area contributed by atoms with E-state index in [1.807, 2.05) is 24.3 Å². The number of esters is 1. The molecule has 3 aromatic rings. The van der Waals surface area contributed by atoms with Crippen molar-refractivity contribution in [3.8, 4) is 0 Å². The first-order chi connectivity index (χ1) is 12.5. The van der Waals surface area contributed by atoms with Crippen LogP contribution in [0.25, 0.3) is 17.0 Å². The molecule has 26 heavy (non-hydrogen) atoms. The van der Waals surface area contributed by atoms with Crippen LogP contribution >= 0.6 is 0 Å². The minimum atomic E-state index is -0.670. The van der Waals surface area contributed by atoms with Crippen LogP contribution in [0, 0.1) is 10.1 Å². The lowest BCUT2D eigenvalue weighted by molar-refractivity contribution is -0.384. The monoisotopic (exact) mass is 350 g/mol. The third kappa shape index (κ3) is 3.84. The number of ether oxygens (including phenoxy) is 1. The number of benzene rings is 2. The Morgan fingerprint density at radius 1 is 1.12 bits per heavy atom. The number of hydrogen-bond acceptors (Lipinski definition) is 5. The number of non-ortho nitro benzene ring substituents is 1. The number of ketones is 1. The molecule has 0 saturated carbocycles. The van der Waals surface area contributed by atoms with Crippen LogP contribution in [0.2, 0.25) is 0 Å². The number of fused-ring (bicyclic) bond motifs is 1. The van der Waals surface area contributed by atoms with Crippen molar-refractivity contribution in [1.29, 1.82) is 0 Å². The highest BCUT2D eigenvalue weighted by Crippen LogP contribution is 2.18. The van der Waals surface area contributed by atoms with Gasteiger partial charge in [-0.15, -0.1) is 0 Å². The van der Waals surface area contributed by atoms with E-state index in [2.05, 4.69) is 4.98 Å². The molecule has 0 aliphatic rings. The minimum absolute atomic E-state index is 0.0333. The Labute approximate surface area is 148 Å². The van der Waals surface area contributed by atoms with Crippen molar-refractivity contribution in [3.05, 3.63) is 82.0 Å². The van der Waals surface area contributed by atoms with Crippen LogP contribution in [0.5, 0.6) is 0 Å². The molecular formula is C19H14N2O5. The number of carbonyl (C=O) groups is 2. The van der Waals surface area contributed by atoms with Gasteiger partial charge in [0.2, 0.25) is 5.78 Å². The van der Waals surface area contributed by atoms with Crippen molar-refractivity contribution in [1.82, 2.24) is 4.98 Å². The van der Waals surface area contributed by atoms with E-state index in [9.17, 15) is 19.7 Å². The van der Waals surface area contributed by atoms with Crippen molar-refractivity contribution in [2.45, 2.75) is 0 Å². The lowest BCUT2D eigenvalue weighted by Gasteiger charge is -2.01. The molecule has 0 aliphatic carbocycles. The second-order valence-corrected chi connectivity index (χ2v) is 5.46. The number of carbonyl (C=O) groups excluding carboxylic acids is 2. The molecule has 1 N–H and O–H groups in total. The normalized spacial score (nSPS) is 10.9. The second kappa shape index (κ2) is 7.43. The lowest BCUT2D eigenvalue weighted by atomic mass is 10.1. The fourth-order valence-corrected chi connectivity index (χ4v) is 2.44. The number of nitrogens with zero attached hydrogens (tertiary/aromatic N) is 1. The molecule has 1 aromatic heterocycles. The summed E-state index contributed by atoms with van der Waals surface area (Å²) in [6, 6.07) is 13.1. The van der Waals surface area contributed by atoms with Crippen LogP contribution in [0.1, 0.15) is 15.9 Å². The zero-order valence-electron chi connectivity index (χ0n) is 13.5. The molecule has 0 atom stereocenters. The Hall–Kier alpha value is -3.74. The molecule has 0 saturated heterocycles. The minimum Gasteiger partial charge on any atom is -0.454 e. The van der Waals surface area contributed by atoms with Gasteiger partial charge in [0.05, 0.1) is 4.92 Å². The maximum absolute atomic E-state index is 12.2. The summed E-state index contributed by atoms with van der Waals surface area (Å²) in [7, 11) is 0. The highest BCUT2D eigenvalue weighted by molar-refractivity contribution is 6.09. The molecule has 0 fully saturated rings. The molecule has 0 unspecified atom stereocenters. The zero-order chi connectivity index (χ0) is 18.5. The van der Waals surface area contributed by atoms with Crippen molar-refractivity contribution in [2.75, 3.05) is 6.61 Å². The Morgan fingerprint density at radius 3 is 2.58 bits per heavy atom. The van der Waals surface area contributed by atoms with Gasteiger partial charge < -0.3 is 9.72 Å². The van der Waals surface area contributed by atoms with Crippen LogP contribution in [-0.2, 0) is 9.53 Å². The number of H-pyrrole nitrogens is 1. The summed E-state index contributed by atoms with van der Waals surface area (Å²) in [5.41, 5.74) is 1.87. The Bertz CT molecular complexity index is 1000. The number of hydrogen-bond donors (Lipinski definition) is 1. The highest BCUT2D eigenvalue weighted by Gasteiger charge is 2.13. The summed E-state index contributed by atoms with van der Waals surface area (Å²) in [4.78, 5) is 37.0. The van der Waals surface area contributed by atoms with E-state index in [0.717, 1.165) is 10.9 Å².